The molecule has 0 bridgehead atoms. The zero-order valence-electron chi connectivity index (χ0n) is 14.7. The molecule has 7 nitrogen and oxygen atoms in total. The Labute approximate surface area is 164 Å². The first kappa shape index (κ1) is 17.7. The third-order valence-corrected chi connectivity index (χ3v) is 5.80. The number of thiazole rings is 1. The average molecular weight is 400 g/mol. The maximum Gasteiger partial charge on any atom is 0.234 e. The molecule has 0 fully saturated rings. The van der Waals surface area contributed by atoms with Crippen molar-refractivity contribution in [1.82, 2.24) is 15.2 Å². The van der Waals surface area contributed by atoms with Crippen LogP contribution in [0.2, 0.25) is 0 Å². The summed E-state index contributed by atoms with van der Waals surface area (Å²) in [5.41, 5.74) is 2.42. The van der Waals surface area contributed by atoms with Crippen molar-refractivity contribution in [3.63, 3.8) is 0 Å². The van der Waals surface area contributed by atoms with Gasteiger partial charge in [0, 0.05) is 11.8 Å². The number of hydrogen-bond acceptors (Lipinski definition) is 8. The van der Waals surface area contributed by atoms with Crippen LogP contribution in [-0.4, -0.2) is 33.6 Å². The number of hydrogen-bond donors (Lipinski definition) is 1. The van der Waals surface area contributed by atoms with E-state index in [0.717, 1.165) is 21.3 Å². The first-order valence-corrected chi connectivity index (χ1v) is 9.99. The first-order valence-electron chi connectivity index (χ1n) is 8.19. The number of anilines is 1. The topological polar surface area (TPSA) is 86.2 Å². The number of carbonyl (C=O) groups excluding carboxylic acids is 1. The maximum atomic E-state index is 12.2. The van der Waals surface area contributed by atoms with Gasteiger partial charge in [-0.25, -0.2) is 4.98 Å². The van der Waals surface area contributed by atoms with Crippen molar-refractivity contribution < 1.29 is 14.3 Å². The highest BCUT2D eigenvalue weighted by Crippen LogP contribution is 2.34. The van der Waals surface area contributed by atoms with Gasteiger partial charge in [0.25, 0.3) is 0 Å². The molecule has 0 aliphatic carbocycles. The smallest absolute Gasteiger partial charge is 0.234 e. The molecule has 3 aromatic rings. The fourth-order valence-electron chi connectivity index (χ4n) is 2.60. The molecule has 1 aliphatic heterocycles. The Balaban J connectivity index is 1.34. The number of aryl methyl sites for hydroxylation is 2. The van der Waals surface area contributed by atoms with E-state index < -0.39 is 0 Å². The van der Waals surface area contributed by atoms with E-state index in [1.807, 2.05) is 26.0 Å². The van der Waals surface area contributed by atoms with Gasteiger partial charge in [-0.15, -0.1) is 21.5 Å². The Bertz CT molecular complexity index is 989. The summed E-state index contributed by atoms with van der Waals surface area (Å²) >= 11 is 2.93. The van der Waals surface area contributed by atoms with Gasteiger partial charge in [-0.2, -0.15) is 0 Å². The van der Waals surface area contributed by atoms with Gasteiger partial charge in [0.1, 0.15) is 10.7 Å². The van der Waals surface area contributed by atoms with Crippen molar-refractivity contribution in [2.24, 2.45) is 0 Å². The molecular formula is C18H16N4O3S2. The number of nitrogens with zero attached hydrogens (tertiary/aromatic N) is 3. The van der Waals surface area contributed by atoms with E-state index in [9.17, 15) is 4.79 Å². The molecule has 0 spiro atoms. The summed E-state index contributed by atoms with van der Waals surface area (Å²) in [6.07, 6.45) is 0. The molecule has 2 aromatic heterocycles. The minimum Gasteiger partial charge on any atom is -0.454 e. The zero-order chi connectivity index (χ0) is 18.8. The van der Waals surface area contributed by atoms with Crippen LogP contribution in [-0.2, 0) is 4.79 Å². The summed E-state index contributed by atoms with van der Waals surface area (Å²) < 4.78 is 10.6. The number of nitrogens with one attached hydrogen (secondary N) is 1. The third-order valence-electron chi connectivity index (χ3n) is 3.78. The number of benzene rings is 1. The lowest BCUT2D eigenvalue weighted by Crippen LogP contribution is -2.14. The van der Waals surface area contributed by atoms with Crippen LogP contribution < -0.4 is 14.8 Å². The third kappa shape index (κ3) is 4.04. The Morgan fingerprint density at radius 2 is 2.04 bits per heavy atom. The van der Waals surface area contributed by atoms with Crippen LogP contribution in [0.4, 0.5) is 5.69 Å². The lowest BCUT2D eigenvalue weighted by atomic mass is 10.3. The van der Waals surface area contributed by atoms with Crippen LogP contribution in [0.15, 0.2) is 35.4 Å². The Hall–Kier alpha value is -2.65. The molecule has 4 rings (SSSR count). The largest absolute Gasteiger partial charge is 0.454 e. The molecule has 0 saturated carbocycles. The van der Waals surface area contributed by atoms with Crippen molar-refractivity contribution in [2.75, 3.05) is 17.9 Å². The number of aromatic nitrogens is 3. The maximum absolute atomic E-state index is 12.2. The van der Waals surface area contributed by atoms with Crippen LogP contribution >= 0.6 is 23.1 Å². The van der Waals surface area contributed by atoms with Crippen LogP contribution in [0.3, 0.4) is 0 Å². The lowest BCUT2D eigenvalue weighted by Gasteiger charge is -2.06. The van der Waals surface area contributed by atoms with Gasteiger partial charge in [-0.05, 0) is 38.1 Å². The molecule has 1 aromatic carbocycles. The average Bonchev–Trinajstić information content (AvgIpc) is 3.25. The second-order valence-corrected chi connectivity index (χ2v) is 8.01. The Kier molecular flexibility index (Phi) is 4.95. The number of ether oxygens (including phenoxy) is 2. The summed E-state index contributed by atoms with van der Waals surface area (Å²) in [5, 5.41) is 13.0. The van der Waals surface area contributed by atoms with Crippen LogP contribution in [0.1, 0.15) is 10.7 Å². The normalized spacial score (nSPS) is 12.2. The summed E-state index contributed by atoms with van der Waals surface area (Å²) in [6.45, 7) is 4.14. The monoisotopic (exact) mass is 400 g/mol. The highest BCUT2D eigenvalue weighted by Gasteiger charge is 2.14. The highest BCUT2D eigenvalue weighted by molar-refractivity contribution is 7.99. The predicted octanol–water partition coefficient (Wildman–Crippen LogP) is 3.68. The number of amides is 1. The van der Waals surface area contributed by atoms with Gasteiger partial charge < -0.3 is 14.8 Å². The number of carbonyl (C=O) groups is 1. The molecule has 0 saturated heterocycles. The Morgan fingerprint density at radius 1 is 1.19 bits per heavy atom. The Morgan fingerprint density at radius 3 is 2.78 bits per heavy atom. The number of fused-ring (bicyclic) bond motifs is 1. The zero-order valence-corrected chi connectivity index (χ0v) is 16.3. The van der Waals surface area contributed by atoms with E-state index in [4.69, 9.17) is 9.47 Å². The summed E-state index contributed by atoms with van der Waals surface area (Å²) in [5.74, 6) is 1.43. The van der Waals surface area contributed by atoms with Crippen molar-refractivity contribution in [2.45, 2.75) is 18.9 Å². The fourth-order valence-corrected chi connectivity index (χ4v) is 4.10. The van der Waals surface area contributed by atoms with Crippen LogP contribution in [0.25, 0.3) is 10.6 Å². The molecular weight excluding hydrogens is 384 g/mol. The summed E-state index contributed by atoms with van der Waals surface area (Å²) in [6, 6.07) is 9.09. The molecule has 9 heteroatoms. The van der Waals surface area contributed by atoms with Gasteiger partial charge in [-0.3, -0.25) is 4.79 Å². The molecule has 0 atom stereocenters. The van der Waals surface area contributed by atoms with Crippen molar-refractivity contribution in [1.29, 1.82) is 0 Å². The number of thioether (sulfide) groups is 1. The predicted molar refractivity (Wildman–Crippen MR) is 105 cm³/mol. The van der Waals surface area contributed by atoms with Gasteiger partial charge in [0.15, 0.2) is 11.5 Å². The molecule has 138 valence electrons. The van der Waals surface area contributed by atoms with Crippen LogP contribution in [0, 0.1) is 13.8 Å². The van der Waals surface area contributed by atoms with E-state index in [1.54, 1.807) is 29.5 Å². The van der Waals surface area contributed by atoms with Crippen molar-refractivity contribution in [3.8, 4) is 22.1 Å². The van der Waals surface area contributed by atoms with E-state index >= 15 is 0 Å². The lowest BCUT2D eigenvalue weighted by molar-refractivity contribution is -0.113. The molecule has 1 amide bonds. The van der Waals surface area contributed by atoms with E-state index in [-0.39, 0.29) is 18.5 Å². The van der Waals surface area contributed by atoms with E-state index in [1.165, 1.54) is 11.8 Å². The standard InChI is InChI=1S/C18H16N4O3S2/c1-10-18(27-11(2)19-10)13-4-6-17(22-21-13)26-8-16(23)20-12-3-5-14-15(7-12)25-9-24-14/h3-7H,8-9H2,1-2H3,(H,20,23). The van der Waals surface area contributed by atoms with Crippen molar-refractivity contribution in [3.05, 3.63) is 41.0 Å². The minimum absolute atomic E-state index is 0.126. The quantitative estimate of drug-likeness (QED) is 0.654. The molecule has 3 heterocycles. The van der Waals surface area contributed by atoms with E-state index in [2.05, 4.69) is 20.5 Å². The van der Waals surface area contributed by atoms with Gasteiger partial charge >= 0.3 is 0 Å². The molecule has 1 N–H and O–H groups in total. The van der Waals surface area contributed by atoms with Gasteiger partial charge in [0.2, 0.25) is 12.7 Å². The number of rotatable bonds is 5. The molecule has 0 unspecified atom stereocenters. The SMILES string of the molecule is Cc1nc(C)c(-c2ccc(SCC(=O)Nc3ccc4c(c3)OCO4)nn2)s1. The molecule has 27 heavy (non-hydrogen) atoms. The van der Waals surface area contributed by atoms with E-state index in [0.29, 0.717) is 22.2 Å². The molecule has 1 aliphatic rings. The van der Waals surface area contributed by atoms with Crippen molar-refractivity contribution >= 4 is 34.7 Å². The molecule has 0 radical (unpaired) electrons. The van der Waals surface area contributed by atoms with Crippen LogP contribution in [0.5, 0.6) is 11.5 Å². The second kappa shape index (κ2) is 7.53. The fraction of sp³-hybridized carbons (Fsp3) is 0.222. The van der Waals surface area contributed by atoms with Gasteiger partial charge in [-0.1, -0.05) is 11.8 Å². The highest BCUT2D eigenvalue weighted by atomic mass is 32.2. The summed E-state index contributed by atoms with van der Waals surface area (Å²) in [7, 11) is 0. The second-order valence-electron chi connectivity index (χ2n) is 5.81. The first-order chi connectivity index (χ1) is 13.1. The minimum atomic E-state index is -0.126. The van der Waals surface area contributed by atoms with Gasteiger partial charge in [0.05, 0.1) is 21.3 Å². The summed E-state index contributed by atoms with van der Waals surface area (Å²) in [4.78, 5) is 17.6.